The normalized spacial score (nSPS) is 14.6. The number of rotatable bonds is 5. The van der Waals surface area contributed by atoms with E-state index in [1.54, 1.807) is 0 Å². The summed E-state index contributed by atoms with van der Waals surface area (Å²) in [5.74, 6) is 1.94. The van der Waals surface area contributed by atoms with E-state index in [1.807, 2.05) is 0 Å². The summed E-state index contributed by atoms with van der Waals surface area (Å²) >= 11 is 0. The standard InChI is InChI=1S/C59H46O2P2/c1-36-21-23-38(3)58(60-62-33-44-28-25-40-13-5-9-17-47(40)54(44)55-45(34-62)29-26-41-14-6-10-18-48(41)55)52(36)53-37(2)22-24-39(4)59(53)61-63-35-46-30-27-42-15-7-11-19-49(42)56(46)57-50-20-12-8-16-43(50)31-32-51(57)63/h5-32H,33-35H2,1-4H3/t63-/m0/s1. The van der Waals surface area contributed by atoms with Crippen LogP contribution in [0.4, 0.5) is 0 Å². The van der Waals surface area contributed by atoms with Crippen molar-refractivity contribution in [2.24, 2.45) is 0 Å². The molecule has 2 nitrogen and oxygen atoms in total. The van der Waals surface area contributed by atoms with Crippen LogP contribution in [0.15, 0.2) is 170 Å². The minimum Gasteiger partial charge on any atom is -0.472 e. The van der Waals surface area contributed by atoms with Crippen LogP contribution in [0.2, 0.25) is 0 Å². The SMILES string of the molecule is Cc1ccc(C)c(-c2c(C)ccc(C)c2O[P@@]2Cc3ccc4ccccc4c3-c3c2ccc2ccccc32)c1OP1Cc2ccc3ccccc3c2-c2c(ccc3ccccc23)C1. The average molecular weight is 849 g/mol. The van der Waals surface area contributed by atoms with E-state index < -0.39 is 16.3 Å². The third-order valence-electron chi connectivity index (χ3n) is 13.5. The molecule has 2 aliphatic rings. The van der Waals surface area contributed by atoms with E-state index in [4.69, 9.17) is 9.05 Å². The second-order valence-corrected chi connectivity index (χ2v) is 21.0. The molecule has 0 saturated heterocycles. The molecule has 2 aliphatic heterocycles. The van der Waals surface area contributed by atoms with Crippen LogP contribution < -0.4 is 14.4 Å². The Morgan fingerprint density at radius 2 is 0.683 bits per heavy atom. The molecule has 0 saturated carbocycles. The Morgan fingerprint density at radius 1 is 0.317 bits per heavy atom. The molecule has 0 amide bonds. The maximum Gasteiger partial charge on any atom is 0.134 e. The molecule has 0 aliphatic carbocycles. The van der Waals surface area contributed by atoms with Gasteiger partial charge in [0.1, 0.15) is 19.6 Å². The van der Waals surface area contributed by atoms with Crippen molar-refractivity contribution >= 4 is 64.7 Å². The third kappa shape index (κ3) is 6.30. The zero-order valence-electron chi connectivity index (χ0n) is 36.0. The largest absolute Gasteiger partial charge is 0.472 e. The van der Waals surface area contributed by atoms with Gasteiger partial charge in [0.15, 0.2) is 0 Å². The first-order chi connectivity index (χ1) is 30.9. The Labute approximate surface area is 371 Å². The molecule has 0 radical (unpaired) electrons. The topological polar surface area (TPSA) is 18.5 Å². The smallest absolute Gasteiger partial charge is 0.134 e. The first-order valence-electron chi connectivity index (χ1n) is 22.0. The first-order valence-corrected chi connectivity index (χ1v) is 25.1. The van der Waals surface area contributed by atoms with Crippen LogP contribution >= 0.6 is 16.3 Å². The second kappa shape index (κ2) is 15.2. The summed E-state index contributed by atoms with van der Waals surface area (Å²) < 4.78 is 15.3. The second-order valence-electron chi connectivity index (χ2n) is 17.5. The molecular formula is C59H46O2P2. The average Bonchev–Trinajstić information content (AvgIpc) is 3.48. The van der Waals surface area contributed by atoms with Crippen LogP contribution in [-0.4, -0.2) is 0 Å². The highest BCUT2D eigenvalue weighted by molar-refractivity contribution is 7.61. The Balaban J connectivity index is 0.995. The van der Waals surface area contributed by atoms with E-state index in [9.17, 15) is 0 Å². The van der Waals surface area contributed by atoms with E-state index in [0.717, 1.165) is 52.2 Å². The Kier molecular flexibility index (Phi) is 9.26. The first kappa shape index (κ1) is 38.4. The summed E-state index contributed by atoms with van der Waals surface area (Å²) in [7, 11) is -2.05. The maximum absolute atomic E-state index is 7.65. The fraction of sp³-hybridized carbons (Fsp3) is 0.119. The molecule has 1 atom stereocenters. The van der Waals surface area contributed by atoms with Crippen molar-refractivity contribution in [2.45, 2.75) is 46.2 Å². The highest BCUT2D eigenvalue weighted by atomic mass is 31.1. The van der Waals surface area contributed by atoms with Crippen molar-refractivity contribution in [1.29, 1.82) is 0 Å². The molecular weight excluding hydrogens is 803 g/mol. The molecule has 10 aromatic carbocycles. The van der Waals surface area contributed by atoms with Gasteiger partial charge in [0.25, 0.3) is 0 Å². The van der Waals surface area contributed by atoms with E-state index in [-0.39, 0.29) is 0 Å². The monoisotopic (exact) mass is 848 g/mol. The molecule has 0 fully saturated rings. The summed E-state index contributed by atoms with van der Waals surface area (Å²) in [5.41, 5.74) is 16.4. The zero-order chi connectivity index (χ0) is 42.3. The number of hydrogen-bond acceptors (Lipinski definition) is 2. The minimum absolute atomic E-state index is 0.845. The van der Waals surface area contributed by atoms with Gasteiger partial charge in [0.2, 0.25) is 0 Å². The van der Waals surface area contributed by atoms with E-state index >= 15 is 0 Å². The van der Waals surface area contributed by atoms with Crippen LogP contribution in [0.5, 0.6) is 11.5 Å². The summed E-state index contributed by atoms with van der Waals surface area (Å²) in [5, 5.41) is 11.6. The van der Waals surface area contributed by atoms with E-state index in [2.05, 4.69) is 198 Å². The predicted octanol–water partition coefficient (Wildman–Crippen LogP) is 16.6. The molecule has 2 heterocycles. The van der Waals surface area contributed by atoms with Crippen LogP contribution in [0.3, 0.4) is 0 Å². The minimum atomic E-state index is -1.09. The van der Waals surface area contributed by atoms with Crippen LogP contribution in [0, 0.1) is 27.7 Å². The van der Waals surface area contributed by atoms with Gasteiger partial charge < -0.3 is 9.05 Å². The number of aryl methyl sites for hydroxylation is 4. The Bertz CT molecular complexity index is 3430. The number of fused-ring (bicyclic) bond motifs is 14. The zero-order valence-corrected chi connectivity index (χ0v) is 37.8. The van der Waals surface area contributed by atoms with Crippen molar-refractivity contribution in [3.8, 4) is 44.9 Å². The number of hydrogen-bond donors (Lipinski definition) is 0. The molecule has 0 unspecified atom stereocenters. The molecule has 0 bridgehead atoms. The quantitative estimate of drug-likeness (QED) is 0.161. The molecule has 10 aromatic rings. The summed E-state index contributed by atoms with van der Waals surface area (Å²) in [4.78, 5) is 0. The lowest BCUT2D eigenvalue weighted by Gasteiger charge is -2.32. The van der Waals surface area contributed by atoms with Crippen LogP contribution in [0.1, 0.15) is 38.9 Å². The van der Waals surface area contributed by atoms with Crippen molar-refractivity contribution in [3.63, 3.8) is 0 Å². The third-order valence-corrected chi connectivity index (χ3v) is 17.3. The van der Waals surface area contributed by atoms with Crippen LogP contribution in [-0.2, 0) is 18.5 Å². The molecule has 12 rings (SSSR count). The van der Waals surface area contributed by atoms with Gasteiger partial charge in [0.05, 0.1) is 8.15 Å². The molecule has 0 aromatic heterocycles. The Hall–Kier alpha value is -6.30. The summed E-state index contributed by atoms with van der Waals surface area (Å²) in [6.07, 6.45) is 2.58. The highest BCUT2D eigenvalue weighted by Crippen LogP contribution is 2.58. The van der Waals surface area contributed by atoms with Gasteiger partial charge in [-0.3, -0.25) is 0 Å². The maximum atomic E-state index is 7.65. The van der Waals surface area contributed by atoms with Gasteiger partial charge in [-0.25, -0.2) is 0 Å². The molecule has 0 spiro atoms. The fourth-order valence-corrected chi connectivity index (χ4v) is 14.6. The fourth-order valence-electron chi connectivity index (χ4n) is 10.4. The Morgan fingerprint density at radius 3 is 1.16 bits per heavy atom. The van der Waals surface area contributed by atoms with Gasteiger partial charge in [-0.05, 0) is 132 Å². The number of benzene rings is 10. The van der Waals surface area contributed by atoms with Crippen molar-refractivity contribution in [2.75, 3.05) is 0 Å². The molecule has 304 valence electrons. The lowest BCUT2D eigenvalue weighted by Crippen LogP contribution is -2.17. The van der Waals surface area contributed by atoms with Crippen molar-refractivity contribution in [1.82, 2.24) is 0 Å². The lowest BCUT2D eigenvalue weighted by atomic mass is 9.88. The van der Waals surface area contributed by atoms with E-state index in [1.165, 1.54) is 98.5 Å². The van der Waals surface area contributed by atoms with Crippen molar-refractivity contribution < 1.29 is 9.05 Å². The lowest BCUT2D eigenvalue weighted by molar-refractivity contribution is 0.600. The molecule has 0 N–H and O–H groups in total. The van der Waals surface area contributed by atoms with Crippen LogP contribution in [0.25, 0.3) is 76.5 Å². The summed E-state index contributed by atoms with van der Waals surface area (Å²) in [6, 6.07) is 63.0. The van der Waals surface area contributed by atoms with Gasteiger partial charge >= 0.3 is 0 Å². The molecule has 4 heteroatoms. The summed E-state index contributed by atoms with van der Waals surface area (Å²) in [6.45, 7) is 8.91. The van der Waals surface area contributed by atoms with Gasteiger partial charge in [0, 0.05) is 40.5 Å². The van der Waals surface area contributed by atoms with Gasteiger partial charge in [-0.15, -0.1) is 0 Å². The van der Waals surface area contributed by atoms with Crippen molar-refractivity contribution in [3.05, 3.63) is 209 Å². The van der Waals surface area contributed by atoms with Gasteiger partial charge in [-0.1, -0.05) is 164 Å². The highest BCUT2D eigenvalue weighted by Gasteiger charge is 2.33. The molecule has 63 heavy (non-hydrogen) atoms. The van der Waals surface area contributed by atoms with Gasteiger partial charge in [-0.2, -0.15) is 0 Å². The van der Waals surface area contributed by atoms with E-state index in [0.29, 0.717) is 0 Å². The predicted molar refractivity (Wildman–Crippen MR) is 270 cm³/mol.